The summed E-state index contributed by atoms with van der Waals surface area (Å²) in [6.07, 6.45) is 5.45. The number of aliphatic imine (C=N–C) groups is 1. The summed E-state index contributed by atoms with van der Waals surface area (Å²) in [5, 5.41) is 3.25. The van der Waals surface area contributed by atoms with Gasteiger partial charge in [0, 0.05) is 38.8 Å². The summed E-state index contributed by atoms with van der Waals surface area (Å²) in [6.45, 7) is 6.57. The Labute approximate surface area is 183 Å². The van der Waals surface area contributed by atoms with E-state index in [9.17, 15) is 12.8 Å². The minimum atomic E-state index is -3.69. The van der Waals surface area contributed by atoms with Crippen LogP contribution in [0.3, 0.4) is 0 Å². The van der Waals surface area contributed by atoms with Crippen LogP contribution in [-0.2, 0) is 9.84 Å². The van der Waals surface area contributed by atoms with Crippen molar-refractivity contribution < 1.29 is 12.8 Å². The Morgan fingerprint density at radius 1 is 1.29 bits per heavy atom. The first kappa shape index (κ1) is 23.1. The van der Waals surface area contributed by atoms with E-state index >= 15 is 0 Å². The fourth-order valence-corrected chi connectivity index (χ4v) is 4.73. The van der Waals surface area contributed by atoms with Crippen LogP contribution in [0, 0.1) is 5.82 Å². The highest BCUT2D eigenvalue weighted by atomic mass is 127. The van der Waals surface area contributed by atoms with Crippen molar-refractivity contribution in [3.63, 3.8) is 0 Å². The van der Waals surface area contributed by atoms with E-state index in [4.69, 9.17) is 0 Å². The molecule has 0 bridgehead atoms. The topological polar surface area (TPSA) is 65.0 Å². The van der Waals surface area contributed by atoms with Gasteiger partial charge in [0.15, 0.2) is 15.8 Å². The van der Waals surface area contributed by atoms with Crippen molar-refractivity contribution in [3.05, 3.63) is 42.2 Å². The number of rotatable bonds is 6. The first-order valence-electron chi connectivity index (χ1n) is 9.41. The first-order chi connectivity index (χ1) is 13.0. The molecule has 1 aromatic rings. The van der Waals surface area contributed by atoms with Crippen LogP contribution in [0.25, 0.3) is 0 Å². The van der Waals surface area contributed by atoms with Crippen molar-refractivity contribution in [3.8, 4) is 0 Å². The molecule has 1 unspecified atom stereocenters. The standard InChI is InChI=1S/C19H27FN4O2S.HI/c1-2-21-19(24-13-9-16(15-24)23-11-5-6-12-23)22-10-14-27(25,26)18-8-4-3-7-17(18)20;/h3-8,16H,2,9-15H2,1H3,(H,21,22);1H. The Balaban J connectivity index is 0.00000280. The molecule has 156 valence electrons. The van der Waals surface area contributed by atoms with Gasteiger partial charge in [-0.05, 0) is 25.5 Å². The normalized spacial score (nSPS) is 20.4. The first-order valence-corrected chi connectivity index (χ1v) is 11.1. The molecule has 0 radical (unpaired) electrons. The molecule has 0 aliphatic carbocycles. The lowest BCUT2D eigenvalue weighted by Gasteiger charge is -2.25. The van der Waals surface area contributed by atoms with Crippen molar-refractivity contribution in [2.45, 2.75) is 24.3 Å². The summed E-state index contributed by atoms with van der Waals surface area (Å²) in [5.41, 5.74) is 0. The Bertz CT molecular complexity index is 808. The molecule has 1 aromatic carbocycles. The summed E-state index contributed by atoms with van der Waals surface area (Å²) in [7, 11) is -3.69. The third-order valence-electron chi connectivity index (χ3n) is 4.95. The number of likely N-dealkylation sites (tertiary alicyclic amines) is 1. The Morgan fingerprint density at radius 3 is 2.68 bits per heavy atom. The SMILES string of the molecule is CCNC(=NCCS(=O)(=O)c1ccccc1F)N1CCC(N2CC=CC2)C1.I. The molecule has 0 aromatic heterocycles. The summed E-state index contributed by atoms with van der Waals surface area (Å²) in [6, 6.07) is 5.97. The molecule has 2 aliphatic heterocycles. The monoisotopic (exact) mass is 522 g/mol. The van der Waals surface area contributed by atoms with E-state index < -0.39 is 15.7 Å². The molecule has 6 nitrogen and oxygen atoms in total. The van der Waals surface area contributed by atoms with Crippen LogP contribution < -0.4 is 5.32 Å². The van der Waals surface area contributed by atoms with Gasteiger partial charge >= 0.3 is 0 Å². The fraction of sp³-hybridized carbons (Fsp3) is 0.526. The quantitative estimate of drug-likeness (QED) is 0.269. The third-order valence-corrected chi connectivity index (χ3v) is 6.68. The van der Waals surface area contributed by atoms with Crippen LogP contribution in [0.2, 0.25) is 0 Å². The van der Waals surface area contributed by atoms with Gasteiger partial charge in [0.2, 0.25) is 0 Å². The maximum atomic E-state index is 13.8. The van der Waals surface area contributed by atoms with Gasteiger partial charge in [0.05, 0.1) is 12.3 Å². The number of guanidine groups is 1. The molecular formula is C19H28FIN4O2S. The number of sulfone groups is 1. The lowest BCUT2D eigenvalue weighted by molar-refractivity contribution is 0.259. The molecule has 1 atom stereocenters. The van der Waals surface area contributed by atoms with Crippen LogP contribution in [0.1, 0.15) is 13.3 Å². The van der Waals surface area contributed by atoms with E-state index in [1.165, 1.54) is 18.2 Å². The minimum absolute atomic E-state index is 0. The van der Waals surface area contributed by atoms with Crippen LogP contribution in [0.4, 0.5) is 4.39 Å². The van der Waals surface area contributed by atoms with Gasteiger partial charge < -0.3 is 10.2 Å². The zero-order valence-electron chi connectivity index (χ0n) is 16.1. The lowest BCUT2D eigenvalue weighted by atomic mass is 10.2. The Morgan fingerprint density at radius 2 is 2.00 bits per heavy atom. The zero-order valence-corrected chi connectivity index (χ0v) is 19.2. The van der Waals surface area contributed by atoms with Gasteiger partial charge in [-0.15, -0.1) is 24.0 Å². The van der Waals surface area contributed by atoms with Crippen LogP contribution in [-0.4, -0.2) is 75.2 Å². The van der Waals surface area contributed by atoms with Crippen molar-refractivity contribution in [1.82, 2.24) is 15.1 Å². The highest BCUT2D eigenvalue weighted by molar-refractivity contribution is 14.0. The average molecular weight is 522 g/mol. The minimum Gasteiger partial charge on any atom is -0.357 e. The van der Waals surface area contributed by atoms with E-state index in [1.807, 2.05) is 6.92 Å². The zero-order chi connectivity index (χ0) is 19.3. The molecule has 0 spiro atoms. The van der Waals surface area contributed by atoms with Crippen molar-refractivity contribution in [2.75, 3.05) is 45.0 Å². The molecule has 1 fully saturated rings. The molecular weight excluding hydrogens is 494 g/mol. The molecule has 1 N–H and O–H groups in total. The van der Waals surface area contributed by atoms with E-state index in [0.29, 0.717) is 12.6 Å². The summed E-state index contributed by atoms with van der Waals surface area (Å²) in [5.74, 6) is -0.193. The second-order valence-corrected chi connectivity index (χ2v) is 8.88. The summed E-state index contributed by atoms with van der Waals surface area (Å²) in [4.78, 5) is 8.86. The molecule has 9 heteroatoms. The number of hydrogen-bond donors (Lipinski definition) is 1. The molecule has 0 saturated carbocycles. The number of benzene rings is 1. The van der Waals surface area contributed by atoms with Crippen LogP contribution in [0.15, 0.2) is 46.3 Å². The number of nitrogens with one attached hydrogen (secondary N) is 1. The van der Waals surface area contributed by atoms with Crippen LogP contribution >= 0.6 is 24.0 Å². The van der Waals surface area contributed by atoms with Crippen molar-refractivity contribution >= 4 is 39.8 Å². The molecule has 3 rings (SSSR count). The maximum Gasteiger partial charge on any atom is 0.194 e. The van der Waals surface area contributed by atoms with Crippen molar-refractivity contribution in [2.24, 2.45) is 4.99 Å². The van der Waals surface area contributed by atoms with Gasteiger partial charge in [0.1, 0.15) is 10.7 Å². The highest BCUT2D eigenvalue weighted by Crippen LogP contribution is 2.18. The summed E-state index contributed by atoms with van der Waals surface area (Å²) < 4.78 is 38.5. The largest absolute Gasteiger partial charge is 0.357 e. The fourth-order valence-electron chi connectivity index (χ4n) is 3.53. The maximum absolute atomic E-state index is 13.8. The van der Waals surface area contributed by atoms with Gasteiger partial charge in [-0.3, -0.25) is 9.89 Å². The third kappa shape index (κ3) is 5.66. The van der Waals surface area contributed by atoms with E-state index in [2.05, 4.69) is 32.3 Å². The van der Waals surface area contributed by atoms with Crippen molar-refractivity contribution in [1.29, 1.82) is 0 Å². The Hall–Kier alpha value is -1.20. The van der Waals surface area contributed by atoms with Gasteiger partial charge in [0.25, 0.3) is 0 Å². The number of nitrogens with zero attached hydrogens (tertiary/aromatic N) is 3. The van der Waals surface area contributed by atoms with E-state index in [-0.39, 0.29) is 41.2 Å². The highest BCUT2D eigenvalue weighted by Gasteiger charge is 2.29. The molecule has 0 amide bonds. The lowest BCUT2D eigenvalue weighted by Crippen LogP contribution is -2.43. The molecule has 1 saturated heterocycles. The second kappa shape index (κ2) is 10.5. The molecule has 28 heavy (non-hydrogen) atoms. The molecule has 2 aliphatic rings. The number of hydrogen-bond acceptors (Lipinski definition) is 4. The van der Waals surface area contributed by atoms with Gasteiger partial charge in [-0.25, -0.2) is 12.8 Å². The molecule has 2 heterocycles. The summed E-state index contributed by atoms with van der Waals surface area (Å²) >= 11 is 0. The van der Waals surface area contributed by atoms with Crippen LogP contribution in [0.5, 0.6) is 0 Å². The number of halogens is 2. The van der Waals surface area contributed by atoms with E-state index in [0.717, 1.165) is 44.6 Å². The Kier molecular flexibility index (Phi) is 8.69. The van der Waals surface area contributed by atoms with E-state index in [1.54, 1.807) is 0 Å². The predicted octanol–water partition coefficient (Wildman–Crippen LogP) is 2.13. The van der Waals surface area contributed by atoms with Gasteiger partial charge in [-0.1, -0.05) is 24.3 Å². The second-order valence-electron chi connectivity index (χ2n) is 6.80. The smallest absolute Gasteiger partial charge is 0.194 e. The van der Waals surface area contributed by atoms with Gasteiger partial charge in [-0.2, -0.15) is 0 Å². The predicted molar refractivity (Wildman–Crippen MR) is 121 cm³/mol. The average Bonchev–Trinajstić information content (AvgIpc) is 3.32.